The molecule has 5 nitrogen and oxygen atoms in total. The highest BCUT2D eigenvalue weighted by Crippen LogP contribution is 2.33. The number of amides is 2. The van der Waals surface area contributed by atoms with Gasteiger partial charge in [0.05, 0.1) is 16.6 Å². The van der Waals surface area contributed by atoms with Gasteiger partial charge in [-0.15, -0.1) is 11.3 Å². The van der Waals surface area contributed by atoms with Crippen molar-refractivity contribution < 1.29 is 9.59 Å². The molecule has 1 N–H and O–H groups in total. The number of hydrogen-bond acceptors (Lipinski definition) is 4. The molecule has 1 aliphatic heterocycles. The first-order valence-corrected chi connectivity index (χ1v) is 8.14. The molecule has 1 aromatic heterocycles. The summed E-state index contributed by atoms with van der Waals surface area (Å²) in [6.07, 6.45) is 1.76. The van der Waals surface area contributed by atoms with Crippen LogP contribution in [0.3, 0.4) is 0 Å². The number of rotatable bonds is 3. The molecular formula is C14H11Cl2N3O2S. The standard InChI is InChI=1S/C14H11Cl2N3O2S/c15-9-1-2-11(10(16)6-9)19-7-8(5-12(19)20)13(21)18-14-17-3-4-22-14/h1-4,6,8H,5,7H2,(H,17,18,21)/t8-/m0/s1. The molecule has 0 aliphatic carbocycles. The largest absolute Gasteiger partial charge is 0.310 e. The van der Waals surface area contributed by atoms with Gasteiger partial charge in [0.2, 0.25) is 11.8 Å². The third kappa shape index (κ3) is 3.09. The van der Waals surface area contributed by atoms with Gasteiger partial charge in [0, 0.05) is 29.6 Å². The fourth-order valence-corrected chi connectivity index (χ4v) is 3.35. The van der Waals surface area contributed by atoms with Gasteiger partial charge in [0.15, 0.2) is 5.13 Å². The smallest absolute Gasteiger partial charge is 0.231 e. The van der Waals surface area contributed by atoms with E-state index >= 15 is 0 Å². The maximum absolute atomic E-state index is 12.2. The van der Waals surface area contributed by atoms with E-state index in [4.69, 9.17) is 23.2 Å². The topological polar surface area (TPSA) is 62.3 Å². The third-order valence-corrected chi connectivity index (χ3v) is 4.59. The van der Waals surface area contributed by atoms with Crippen LogP contribution in [0.4, 0.5) is 10.8 Å². The van der Waals surface area contributed by atoms with E-state index in [0.717, 1.165) is 0 Å². The number of benzene rings is 1. The second-order valence-corrected chi connectivity index (χ2v) is 6.57. The van der Waals surface area contributed by atoms with Crippen molar-refractivity contribution in [2.75, 3.05) is 16.8 Å². The molecule has 3 rings (SSSR count). The predicted molar refractivity (Wildman–Crippen MR) is 87.7 cm³/mol. The van der Waals surface area contributed by atoms with Crippen LogP contribution < -0.4 is 10.2 Å². The molecule has 22 heavy (non-hydrogen) atoms. The van der Waals surface area contributed by atoms with Crippen LogP contribution in [-0.4, -0.2) is 23.3 Å². The number of nitrogens with zero attached hydrogens (tertiary/aromatic N) is 2. The van der Waals surface area contributed by atoms with E-state index in [-0.39, 0.29) is 24.8 Å². The number of anilines is 2. The third-order valence-electron chi connectivity index (χ3n) is 3.36. The molecule has 0 saturated carbocycles. The van der Waals surface area contributed by atoms with Crippen LogP contribution in [0.5, 0.6) is 0 Å². The molecule has 0 unspecified atom stereocenters. The Hall–Kier alpha value is -1.63. The summed E-state index contributed by atoms with van der Waals surface area (Å²) in [6, 6.07) is 4.93. The number of aromatic nitrogens is 1. The van der Waals surface area contributed by atoms with Crippen molar-refractivity contribution in [3.05, 3.63) is 39.8 Å². The van der Waals surface area contributed by atoms with Crippen LogP contribution >= 0.6 is 34.5 Å². The molecule has 1 aliphatic rings. The highest BCUT2D eigenvalue weighted by Gasteiger charge is 2.36. The molecule has 2 heterocycles. The molecule has 1 atom stereocenters. The first kappa shape index (κ1) is 15.3. The zero-order valence-corrected chi connectivity index (χ0v) is 13.6. The monoisotopic (exact) mass is 355 g/mol. The van der Waals surface area contributed by atoms with E-state index in [9.17, 15) is 9.59 Å². The van der Waals surface area contributed by atoms with Crippen LogP contribution in [0, 0.1) is 5.92 Å². The normalized spacial score (nSPS) is 17.8. The van der Waals surface area contributed by atoms with E-state index < -0.39 is 5.92 Å². The van der Waals surface area contributed by atoms with Crippen LogP contribution in [0.1, 0.15) is 6.42 Å². The highest BCUT2D eigenvalue weighted by molar-refractivity contribution is 7.13. The number of nitrogens with one attached hydrogen (secondary N) is 1. The van der Waals surface area contributed by atoms with Crippen LogP contribution in [0.15, 0.2) is 29.8 Å². The fraction of sp³-hybridized carbons (Fsp3) is 0.214. The number of hydrogen-bond donors (Lipinski definition) is 1. The molecule has 0 bridgehead atoms. The van der Waals surface area contributed by atoms with Crippen LogP contribution in [-0.2, 0) is 9.59 Å². The number of carbonyl (C=O) groups excluding carboxylic acids is 2. The molecule has 1 aromatic carbocycles. The Morgan fingerprint density at radius 2 is 2.23 bits per heavy atom. The summed E-state index contributed by atoms with van der Waals surface area (Å²) >= 11 is 13.3. The maximum Gasteiger partial charge on any atom is 0.231 e. The molecule has 0 radical (unpaired) electrons. The quantitative estimate of drug-likeness (QED) is 0.916. The molecule has 1 saturated heterocycles. The van der Waals surface area contributed by atoms with Crippen molar-refractivity contribution >= 4 is 57.2 Å². The lowest BCUT2D eigenvalue weighted by atomic mass is 10.1. The van der Waals surface area contributed by atoms with Gasteiger partial charge in [-0.2, -0.15) is 0 Å². The van der Waals surface area contributed by atoms with Crippen molar-refractivity contribution in [3.63, 3.8) is 0 Å². The Morgan fingerprint density at radius 1 is 1.41 bits per heavy atom. The Bertz CT molecular complexity index is 721. The average molecular weight is 356 g/mol. The molecular weight excluding hydrogens is 345 g/mol. The first-order valence-electron chi connectivity index (χ1n) is 6.50. The van der Waals surface area contributed by atoms with Crippen molar-refractivity contribution in [1.29, 1.82) is 0 Å². The number of thiazole rings is 1. The van der Waals surface area contributed by atoms with Gasteiger partial charge < -0.3 is 10.2 Å². The summed E-state index contributed by atoms with van der Waals surface area (Å²) in [5.74, 6) is -0.775. The second-order valence-electron chi connectivity index (χ2n) is 4.83. The van der Waals surface area contributed by atoms with Gasteiger partial charge >= 0.3 is 0 Å². The van der Waals surface area contributed by atoms with Gasteiger partial charge in [-0.3, -0.25) is 9.59 Å². The lowest BCUT2D eigenvalue weighted by Gasteiger charge is -2.18. The molecule has 8 heteroatoms. The summed E-state index contributed by atoms with van der Waals surface area (Å²) in [6.45, 7) is 0.289. The molecule has 2 amide bonds. The highest BCUT2D eigenvalue weighted by atomic mass is 35.5. The summed E-state index contributed by atoms with van der Waals surface area (Å²) < 4.78 is 0. The van der Waals surface area contributed by atoms with Gasteiger partial charge in [-0.05, 0) is 18.2 Å². The van der Waals surface area contributed by atoms with E-state index in [1.807, 2.05) is 0 Å². The van der Waals surface area contributed by atoms with Gasteiger partial charge in [0.25, 0.3) is 0 Å². The lowest BCUT2D eigenvalue weighted by molar-refractivity contribution is -0.122. The molecule has 1 fully saturated rings. The Kier molecular flexibility index (Phi) is 4.33. The van der Waals surface area contributed by atoms with Crippen LogP contribution in [0.25, 0.3) is 0 Å². The van der Waals surface area contributed by atoms with Gasteiger partial charge in [-0.25, -0.2) is 4.98 Å². The maximum atomic E-state index is 12.2. The van der Waals surface area contributed by atoms with E-state index in [1.165, 1.54) is 16.2 Å². The summed E-state index contributed by atoms with van der Waals surface area (Å²) in [4.78, 5) is 29.9. The summed E-state index contributed by atoms with van der Waals surface area (Å²) in [5, 5.41) is 5.91. The number of carbonyl (C=O) groups is 2. The van der Waals surface area contributed by atoms with Crippen molar-refractivity contribution in [2.24, 2.45) is 5.92 Å². The van der Waals surface area contributed by atoms with Gasteiger partial charge in [-0.1, -0.05) is 23.2 Å². The SMILES string of the molecule is O=C(Nc1nccs1)[C@H]1CC(=O)N(c2ccc(Cl)cc2Cl)C1. The fourth-order valence-electron chi connectivity index (χ4n) is 2.31. The Balaban J connectivity index is 1.74. The minimum absolute atomic E-state index is 0.136. The van der Waals surface area contributed by atoms with Crippen molar-refractivity contribution in [3.8, 4) is 0 Å². The van der Waals surface area contributed by atoms with E-state index in [0.29, 0.717) is 20.9 Å². The minimum atomic E-state index is -0.428. The zero-order chi connectivity index (χ0) is 15.7. The average Bonchev–Trinajstić information content (AvgIpc) is 3.09. The molecule has 0 spiro atoms. The van der Waals surface area contributed by atoms with E-state index in [1.54, 1.807) is 29.8 Å². The Morgan fingerprint density at radius 3 is 2.91 bits per heavy atom. The summed E-state index contributed by atoms with van der Waals surface area (Å²) in [7, 11) is 0. The van der Waals surface area contributed by atoms with Crippen LogP contribution in [0.2, 0.25) is 10.0 Å². The Labute approximate surface area is 140 Å². The van der Waals surface area contributed by atoms with Crippen molar-refractivity contribution in [2.45, 2.75) is 6.42 Å². The lowest BCUT2D eigenvalue weighted by Crippen LogP contribution is -2.28. The second kappa shape index (κ2) is 6.24. The zero-order valence-electron chi connectivity index (χ0n) is 11.3. The molecule has 114 valence electrons. The molecule has 2 aromatic rings. The summed E-state index contributed by atoms with van der Waals surface area (Å²) in [5.41, 5.74) is 0.570. The first-order chi connectivity index (χ1) is 10.5. The van der Waals surface area contributed by atoms with Crippen molar-refractivity contribution in [1.82, 2.24) is 4.98 Å². The predicted octanol–water partition coefficient (Wildman–Crippen LogP) is 3.44. The number of halogens is 2. The van der Waals surface area contributed by atoms with E-state index in [2.05, 4.69) is 10.3 Å². The minimum Gasteiger partial charge on any atom is -0.310 e. The van der Waals surface area contributed by atoms with Gasteiger partial charge in [0.1, 0.15) is 0 Å².